The maximum Gasteiger partial charge on any atom is 0.333 e. The summed E-state index contributed by atoms with van der Waals surface area (Å²) in [4.78, 5) is 35.3. The SMILES string of the molecule is CCOC(=O)CC1(C(=O)OC)C=CCC(C(=O)OC)=C1. The Labute approximate surface area is 117 Å². The van der Waals surface area contributed by atoms with Crippen LogP contribution in [0, 0.1) is 5.41 Å². The second kappa shape index (κ2) is 6.88. The molecule has 6 nitrogen and oxygen atoms in total. The molecule has 1 aliphatic carbocycles. The smallest absolute Gasteiger partial charge is 0.333 e. The number of esters is 3. The van der Waals surface area contributed by atoms with Gasteiger partial charge < -0.3 is 14.2 Å². The van der Waals surface area contributed by atoms with Crippen molar-refractivity contribution in [2.75, 3.05) is 20.8 Å². The van der Waals surface area contributed by atoms with Crippen molar-refractivity contribution < 1.29 is 28.6 Å². The molecule has 0 spiro atoms. The number of carbonyl (C=O) groups excluding carboxylic acids is 3. The summed E-state index contributed by atoms with van der Waals surface area (Å²) in [6, 6.07) is 0. The van der Waals surface area contributed by atoms with Crippen molar-refractivity contribution >= 4 is 17.9 Å². The van der Waals surface area contributed by atoms with Crippen LogP contribution >= 0.6 is 0 Å². The molecule has 0 aromatic heterocycles. The van der Waals surface area contributed by atoms with Crippen LogP contribution in [0.4, 0.5) is 0 Å². The van der Waals surface area contributed by atoms with E-state index in [1.165, 1.54) is 20.3 Å². The Balaban J connectivity index is 3.11. The quantitative estimate of drug-likeness (QED) is 0.428. The van der Waals surface area contributed by atoms with Gasteiger partial charge in [-0.1, -0.05) is 18.2 Å². The largest absolute Gasteiger partial charge is 0.468 e. The van der Waals surface area contributed by atoms with E-state index in [9.17, 15) is 14.4 Å². The summed E-state index contributed by atoms with van der Waals surface area (Å²) >= 11 is 0. The van der Waals surface area contributed by atoms with Crippen LogP contribution in [-0.4, -0.2) is 38.7 Å². The first kappa shape index (κ1) is 15.9. The Morgan fingerprint density at radius 2 is 1.95 bits per heavy atom. The number of carbonyl (C=O) groups is 3. The molecule has 1 unspecified atom stereocenters. The fourth-order valence-corrected chi connectivity index (χ4v) is 2.04. The Morgan fingerprint density at radius 3 is 2.50 bits per heavy atom. The Hall–Kier alpha value is -2.11. The zero-order chi connectivity index (χ0) is 15.2. The molecule has 0 bridgehead atoms. The lowest BCUT2D eigenvalue weighted by Crippen LogP contribution is -2.34. The first-order valence-electron chi connectivity index (χ1n) is 6.21. The minimum atomic E-state index is -1.32. The van der Waals surface area contributed by atoms with Gasteiger partial charge in [-0.25, -0.2) is 4.79 Å². The number of hydrogen-bond acceptors (Lipinski definition) is 6. The van der Waals surface area contributed by atoms with Gasteiger partial charge >= 0.3 is 17.9 Å². The first-order chi connectivity index (χ1) is 9.49. The Kier molecular flexibility index (Phi) is 5.49. The summed E-state index contributed by atoms with van der Waals surface area (Å²) in [6.07, 6.45) is 4.74. The van der Waals surface area contributed by atoms with Crippen molar-refractivity contribution in [2.45, 2.75) is 19.8 Å². The predicted octanol–water partition coefficient (Wildman–Crippen LogP) is 1.16. The van der Waals surface area contributed by atoms with Gasteiger partial charge in [-0.2, -0.15) is 0 Å². The van der Waals surface area contributed by atoms with E-state index < -0.39 is 23.3 Å². The third kappa shape index (κ3) is 3.46. The topological polar surface area (TPSA) is 78.9 Å². The molecule has 110 valence electrons. The maximum atomic E-state index is 12.0. The molecule has 0 amide bonds. The highest BCUT2D eigenvalue weighted by molar-refractivity contribution is 5.94. The van der Waals surface area contributed by atoms with Crippen LogP contribution in [0.25, 0.3) is 0 Å². The van der Waals surface area contributed by atoms with Crippen LogP contribution in [-0.2, 0) is 28.6 Å². The molecule has 0 saturated carbocycles. The van der Waals surface area contributed by atoms with Crippen LogP contribution in [0.3, 0.4) is 0 Å². The molecule has 0 fully saturated rings. The van der Waals surface area contributed by atoms with Gasteiger partial charge in [0.15, 0.2) is 0 Å². The second-order valence-corrected chi connectivity index (χ2v) is 4.28. The highest BCUT2D eigenvalue weighted by atomic mass is 16.5. The molecular weight excluding hydrogens is 264 g/mol. The fraction of sp³-hybridized carbons (Fsp3) is 0.500. The zero-order valence-corrected chi connectivity index (χ0v) is 11.8. The zero-order valence-electron chi connectivity index (χ0n) is 11.8. The molecule has 0 aromatic rings. The van der Waals surface area contributed by atoms with Gasteiger partial charge in [-0.3, -0.25) is 9.59 Å². The van der Waals surface area contributed by atoms with Crippen molar-refractivity contribution in [2.24, 2.45) is 5.41 Å². The first-order valence-corrected chi connectivity index (χ1v) is 6.21. The molecule has 0 N–H and O–H groups in total. The molecule has 6 heteroatoms. The number of hydrogen-bond donors (Lipinski definition) is 0. The van der Waals surface area contributed by atoms with Crippen LogP contribution < -0.4 is 0 Å². The number of rotatable bonds is 5. The van der Waals surface area contributed by atoms with Crippen LogP contribution in [0.5, 0.6) is 0 Å². The minimum absolute atomic E-state index is 0.216. The molecule has 1 rings (SSSR count). The Bertz CT molecular complexity index is 462. The molecule has 20 heavy (non-hydrogen) atoms. The van der Waals surface area contributed by atoms with E-state index in [0.717, 1.165) is 0 Å². The van der Waals surface area contributed by atoms with E-state index in [1.54, 1.807) is 19.1 Å². The van der Waals surface area contributed by atoms with E-state index in [1.807, 2.05) is 0 Å². The van der Waals surface area contributed by atoms with E-state index in [0.29, 0.717) is 12.0 Å². The molecule has 0 heterocycles. The van der Waals surface area contributed by atoms with Gasteiger partial charge in [0.25, 0.3) is 0 Å². The van der Waals surface area contributed by atoms with Crippen molar-refractivity contribution in [1.82, 2.24) is 0 Å². The molecule has 0 saturated heterocycles. The molecule has 1 aliphatic rings. The van der Waals surface area contributed by atoms with Crippen LogP contribution in [0.1, 0.15) is 19.8 Å². The van der Waals surface area contributed by atoms with Crippen molar-refractivity contribution in [1.29, 1.82) is 0 Å². The maximum absolute atomic E-state index is 12.0. The number of methoxy groups -OCH3 is 2. The lowest BCUT2D eigenvalue weighted by atomic mass is 9.78. The summed E-state index contributed by atoms with van der Waals surface area (Å²) in [6.45, 7) is 1.89. The summed E-state index contributed by atoms with van der Waals surface area (Å²) in [5, 5.41) is 0. The summed E-state index contributed by atoms with van der Waals surface area (Å²) < 4.78 is 14.2. The summed E-state index contributed by atoms with van der Waals surface area (Å²) in [5.41, 5.74) is -1.01. The molecule has 0 aliphatic heterocycles. The van der Waals surface area contributed by atoms with Gasteiger partial charge in [-0.15, -0.1) is 0 Å². The second-order valence-electron chi connectivity index (χ2n) is 4.28. The highest BCUT2D eigenvalue weighted by Gasteiger charge is 2.40. The van der Waals surface area contributed by atoms with Gasteiger partial charge in [0.1, 0.15) is 5.41 Å². The van der Waals surface area contributed by atoms with E-state index in [-0.39, 0.29) is 13.0 Å². The van der Waals surface area contributed by atoms with E-state index in [2.05, 4.69) is 4.74 Å². The normalized spacial score (nSPS) is 20.9. The van der Waals surface area contributed by atoms with Crippen LogP contribution in [0.2, 0.25) is 0 Å². The van der Waals surface area contributed by atoms with Crippen LogP contribution in [0.15, 0.2) is 23.8 Å². The average molecular weight is 282 g/mol. The Morgan fingerprint density at radius 1 is 1.25 bits per heavy atom. The number of ether oxygens (including phenoxy) is 3. The average Bonchev–Trinajstić information content (AvgIpc) is 2.45. The summed E-state index contributed by atoms with van der Waals surface area (Å²) in [5.74, 6) is -1.70. The predicted molar refractivity (Wildman–Crippen MR) is 69.6 cm³/mol. The van der Waals surface area contributed by atoms with Crippen molar-refractivity contribution in [3.63, 3.8) is 0 Å². The lowest BCUT2D eigenvalue weighted by molar-refractivity contribution is -0.155. The minimum Gasteiger partial charge on any atom is -0.468 e. The van der Waals surface area contributed by atoms with Gasteiger partial charge in [0.05, 0.1) is 27.2 Å². The monoisotopic (exact) mass is 282 g/mol. The molecular formula is C14H18O6. The molecule has 0 radical (unpaired) electrons. The van der Waals surface area contributed by atoms with Gasteiger partial charge in [0.2, 0.25) is 0 Å². The van der Waals surface area contributed by atoms with Gasteiger partial charge in [-0.05, 0) is 13.3 Å². The third-order valence-electron chi connectivity index (χ3n) is 2.94. The summed E-state index contributed by atoms with van der Waals surface area (Å²) in [7, 11) is 2.48. The van der Waals surface area contributed by atoms with Crippen molar-refractivity contribution in [3.05, 3.63) is 23.8 Å². The van der Waals surface area contributed by atoms with E-state index >= 15 is 0 Å². The van der Waals surface area contributed by atoms with E-state index in [4.69, 9.17) is 9.47 Å². The fourth-order valence-electron chi connectivity index (χ4n) is 2.04. The lowest BCUT2D eigenvalue weighted by Gasteiger charge is -2.26. The standard InChI is InChI=1S/C14H18O6/c1-4-20-11(15)9-14(13(17)19-3)7-5-6-10(8-14)12(16)18-2/h5,7-8H,4,6,9H2,1-3H3. The number of allylic oxidation sites excluding steroid dienone is 1. The van der Waals surface area contributed by atoms with Crippen molar-refractivity contribution in [3.8, 4) is 0 Å². The third-order valence-corrected chi connectivity index (χ3v) is 2.94. The van der Waals surface area contributed by atoms with Gasteiger partial charge in [0, 0.05) is 5.57 Å². The highest BCUT2D eigenvalue weighted by Crippen LogP contribution is 2.34. The molecule has 1 atom stereocenters. The molecule has 0 aromatic carbocycles.